The van der Waals surface area contributed by atoms with Gasteiger partial charge in [-0.1, -0.05) is 0 Å². The molecule has 0 amide bonds. The van der Waals surface area contributed by atoms with Gasteiger partial charge in [-0.05, 0) is 0 Å². The van der Waals surface area contributed by atoms with Crippen molar-refractivity contribution >= 4 is 85.3 Å². The molecular formula is C11H17I4P. The Bertz CT molecular complexity index is 347. The fourth-order valence-electron chi connectivity index (χ4n) is 3.19. The van der Waals surface area contributed by atoms with Crippen LogP contribution in [-0.4, -0.2) is 5.66 Å². The predicted octanol–water partition coefficient (Wildman–Crippen LogP) is 7.32. The van der Waals surface area contributed by atoms with E-state index >= 15 is 0 Å². The van der Waals surface area contributed by atoms with Crippen LogP contribution >= 0.6 is 85.3 Å². The molecule has 3 rings (SSSR count). The Morgan fingerprint density at radius 1 is 1.44 bits per heavy atom. The minimum atomic E-state index is -1.51. The maximum atomic E-state index is 2.73. The Balaban J connectivity index is 2.08. The van der Waals surface area contributed by atoms with E-state index in [2.05, 4.69) is 115 Å². The minimum absolute atomic E-state index is 0.554. The topological polar surface area (TPSA) is 0 Å². The molecule has 5 heteroatoms. The normalized spacial score (nSPS) is 41.9. The van der Waals surface area contributed by atoms with Crippen LogP contribution < -0.4 is 0 Å². The average Bonchev–Trinajstić information content (AvgIpc) is 2.36. The molecule has 0 aromatic carbocycles. The number of rotatable bonds is 3. The SMILES string of the molecule is CC1C2=CC(C)(C2)C1CC(C)P(I)(I)(I)I. The summed E-state index contributed by atoms with van der Waals surface area (Å²) in [6.07, 6.45) is 5.35. The summed E-state index contributed by atoms with van der Waals surface area (Å²) in [6, 6.07) is 0. The van der Waals surface area contributed by atoms with Crippen molar-refractivity contribution in [3.05, 3.63) is 11.6 Å². The summed E-state index contributed by atoms with van der Waals surface area (Å²) in [5.74, 6) is 1.76. The number of hydrogen-bond donors (Lipinski definition) is 0. The van der Waals surface area contributed by atoms with Crippen LogP contribution in [0.4, 0.5) is 0 Å². The number of allylic oxidation sites excluding steroid dienone is 2. The molecule has 0 saturated heterocycles. The van der Waals surface area contributed by atoms with E-state index in [1.165, 1.54) is 12.8 Å². The zero-order valence-electron chi connectivity index (χ0n) is 9.68. The molecule has 1 saturated carbocycles. The van der Waals surface area contributed by atoms with E-state index in [4.69, 9.17) is 0 Å². The van der Waals surface area contributed by atoms with Crippen LogP contribution in [0.25, 0.3) is 0 Å². The molecule has 0 aromatic rings. The Morgan fingerprint density at radius 3 is 2.25 bits per heavy atom. The van der Waals surface area contributed by atoms with Crippen LogP contribution in [-0.2, 0) is 0 Å². The van der Waals surface area contributed by atoms with Crippen molar-refractivity contribution in [3.8, 4) is 0 Å². The predicted molar refractivity (Wildman–Crippen MR) is 111 cm³/mol. The Kier molecular flexibility index (Phi) is 4.40. The van der Waals surface area contributed by atoms with E-state index in [-0.39, 0.29) is 0 Å². The van der Waals surface area contributed by atoms with Crippen molar-refractivity contribution in [2.45, 2.75) is 39.3 Å². The molecule has 0 radical (unpaired) electrons. The molecule has 0 nitrogen and oxygen atoms in total. The van der Waals surface area contributed by atoms with Crippen LogP contribution in [0.3, 0.4) is 0 Å². The van der Waals surface area contributed by atoms with Crippen molar-refractivity contribution in [3.63, 3.8) is 0 Å². The van der Waals surface area contributed by atoms with Gasteiger partial charge in [-0.25, -0.2) is 0 Å². The zero-order valence-corrected chi connectivity index (χ0v) is 19.2. The molecule has 1 fully saturated rings. The van der Waals surface area contributed by atoms with E-state index < -0.39 is -2.83 Å². The molecule has 4 unspecified atom stereocenters. The van der Waals surface area contributed by atoms with E-state index in [1.807, 2.05) is 0 Å². The van der Waals surface area contributed by atoms with Crippen LogP contribution in [0.2, 0.25) is 0 Å². The van der Waals surface area contributed by atoms with Crippen LogP contribution in [0.1, 0.15) is 33.6 Å². The quantitative estimate of drug-likeness (QED) is 0.166. The first kappa shape index (κ1) is 15.5. The van der Waals surface area contributed by atoms with Gasteiger partial charge in [0, 0.05) is 0 Å². The van der Waals surface area contributed by atoms with E-state index in [0.29, 0.717) is 5.41 Å². The molecule has 4 atom stereocenters. The third kappa shape index (κ3) is 2.90. The van der Waals surface area contributed by atoms with E-state index in [0.717, 1.165) is 17.5 Å². The van der Waals surface area contributed by atoms with Gasteiger partial charge in [-0.3, -0.25) is 0 Å². The van der Waals surface area contributed by atoms with Crippen LogP contribution in [0.5, 0.6) is 0 Å². The van der Waals surface area contributed by atoms with Crippen molar-refractivity contribution in [1.82, 2.24) is 0 Å². The van der Waals surface area contributed by atoms with Gasteiger partial charge in [0.1, 0.15) is 0 Å². The van der Waals surface area contributed by atoms with Gasteiger partial charge in [0.05, 0.1) is 0 Å². The average molecular weight is 688 g/mol. The van der Waals surface area contributed by atoms with Crippen molar-refractivity contribution in [2.75, 3.05) is 0 Å². The number of hydrogen-bond acceptors (Lipinski definition) is 0. The summed E-state index contributed by atoms with van der Waals surface area (Å²) >= 11 is 10.9. The number of fused-ring (bicyclic) bond motifs is 1. The fraction of sp³-hybridized carbons (Fsp3) is 0.818. The Labute approximate surface area is 151 Å². The third-order valence-corrected chi connectivity index (χ3v) is 17.4. The fourth-order valence-corrected chi connectivity index (χ4v) is 6.47. The Hall–Kier alpha value is 3.09. The Morgan fingerprint density at radius 2 is 1.94 bits per heavy atom. The standard InChI is InChI=1S/C11H17I4P/c1-7(16(12,13,14)15)4-10-8(2)9-5-11(10,3)6-9/h5,7-8,10H,4,6H2,1-3H3. The summed E-state index contributed by atoms with van der Waals surface area (Å²) in [4.78, 5) is 0. The third-order valence-electron chi connectivity index (χ3n) is 4.40. The molecule has 3 aliphatic rings. The van der Waals surface area contributed by atoms with Gasteiger partial charge < -0.3 is 0 Å². The summed E-state index contributed by atoms with van der Waals surface area (Å²) in [5.41, 5.74) is 3.15. The van der Waals surface area contributed by atoms with E-state index in [9.17, 15) is 0 Å². The van der Waals surface area contributed by atoms with Gasteiger partial charge in [0.2, 0.25) is 0 Å². The summed E-state index contributed by atoms with van der Waals surface area (Å²) in [7, 11) is 0. The molecule has 2 bridgehead atoms. The molecule has 0 heterocycles. The molecule has 0 aliphatic heterocycles. The van der Waals surface area contributed by atoms with Crippen molar-refractivity contribution in [1.29, 1.82) is 0 Å². The summed E-state index contributed by atoms with van der Waals surface area (Å²) < 4.78 is -1.51. The second kappa shape index (κ2) is 4.55. The first-order valence-corrected chi connectivity index (χ1v) is 19.0. The monoisotopic (exact) mass is 688 g/mol. The number of halogens is 4. The molecule has 0 N–H and O–H groups in total. The summed E-state index contributed by atoms with van der Waals surface area (Å²) in [5, 5.41) is 0. The maximum absolute atomic E-state index is 2.73. The van der Waals surface area contributed by atoms with E-state index in [1.54, 1.807) is 5.57 Å². The van der Waals surface area contributed by atoms with Gasteiger partial charge in [-0.2, -0.15) is 0 Å². The summed E-state index contributed by atoms with van der Waals surface area (Å²) in [6.45, 7) is 7.37. The van der Waals surface area contributed by atoms with Gasteiger partial charge in [-0.15, -0.1) is 0 Å². The molecule has 0 aromatic heterocycles. The zero-order chi connectivity index (χ0) is 12.4. The molecule has 94 valence electrons. The van der Waals surface area contributed by atoms with Crippen molar-refractivity contribution < 1.29 is 0 Å². The van der Waals surface area contributed by atoms with Crippen LogP contribution in [0, 0.1) is 17.3 Å². The molecule has 16 heavy (non-hydrogen) atoms. The van der Waals surface area contributed by atoms with Gasteiger partial charge in [0.15, 0.2) is 0 Å². The van der Waals surface area contributed by atoms with Gasteiger partial charge >= 0.3 is 154 Å². The molecule has 3 aliphatic carbocycles. The van der Waals surface area contributed by atoms with Crippen LogP contribution in [0.15, 0.2) is 11.6 Å². The second-order valence-electron chi connectivity index (χ2n) is 5.66. The first-order valence-electron chi connectivity index (χ1n) is 5.60. The van der Waals surface area contributed by atoms with Crippen molar-refractivity contribution in [2.24, 2.45) is 17.3 Å². The molecule has 0 spiro atoms. The molecular weight excluding hydrogens is 671 g/mol. The van der Waals surface area contributed by atoms with Gasteiger partial charge in [0.25, 0.3) is 0 Å². The first-order chi connectivity index (χ1) is 7.00. The second-order valence-corrected chi connectivity index (χ2v) is 65.4.